The molecule has 0 radical (unpaired) electrons. The van der Waals surface area contributed by atoms with Crippen LogP contribution in [0, 0.1) is 0 Å². The van der Waals surface area contributed by atoms with Crippen LogP contribution in [-0.4, -0.2) is 16.2 Å². The lowest BCUT2D eigenvalue weighted by molar-refractivity contribution is -0.138. The summed E-state index contributed by atoms with van der Waals surface area (Å²) in [4.78, 5) is 10.6. The Labute approximate surface area is 86.1 Å². The number of benzene rings is 1. The summed E-state index contributed by atoms with van der Waals surface area (Å²) in [6, 6.07) is 2.66. The predicted octanol–water partition coefficient (Wildman–Crippen LogP) is 1.51. The number of carboxylic acid groups (broad SMARTS) is 1. The van der Waals surface area contributed by atoms with Gasteiger partial charge in [-0.15, -0.1) is 0 Å². The average molecular weight is 213 g/mol. The highest BCUT2D eigenvalue weighted by atomic mass is 19.1. The Bertz CT molecular complexity index is 379. The van der Waals surface area contributed by atoms with Crippen molar-refractivity contribution in [1.82, 2.24) is 0 Å². The van der Waals surface area contributed by atoms with E-state index in [-0.39, 0.29) is 16.9 Å². The number of halogens is 1. The monoisotopic (exact) mass is 213 g/mol. The van der Waals surface area contributed by atoms with Gasteiger partial charge in [0.2, 0.25) is 0 Å². The van der Waals surface area contributed by atoms with Crippen molar-refractivity contribution in [3.8, 4) is 5.75 Å². The molecule has 0 spiro atoms. The van der Waals surface area contributed by atoms with Crippen molar-refractivity contribution in [1.29, 1.82) is 0 Å². The van der Waals surface area contributed by atoms with Gasteiger partial charge in [-0.25, -0.2) is 4.39 Å². The molecule has 1 rings (SSSR count). The highest BCUT2D eigenvalue weighted by molar-refractivity contribution is 5.75. The Balaban J connectivity index is 3.13. The summed E-state index contributed by atoms with van der Waals surface area (Å²) in [6.07, 6.45) is -1.37. The Morgan fingerprint density at radius 2 is 2.13 bits per heavy atom. The van der Waals surface area contributed by atoms with E-state index in [9.17, 15) is 14.3 Å². The number of alkyl halides is 1. The molecule has 82 valence electrons. The molecule has 0 saturated carbocycles. The van der Waals surface area contributed by atoms with E-state index >= 15 is 0 Å². The minimum Gasteiger partial charge on any atom is -0.508 e. The number of rotatable bonds is 3. The zero-order valence-corrected chi connectivity index (χ0v) is 8.14. The highest BCUT2D eigenvalue weighted by Gasteiger charge is 2.17. The number of hydrogen-bond donors (Lipinski definition) is 3. The topological polar surface area (TPSA) is 83.6 Å². The lowest BCUT2D eigenvalue weighted by atomic mass is 10.0. The van der Waals surface area contributed by atoms with Gasteiger partial charge in [-0.2, -0.15) is 0 Å². The molecule has 0 aliphatic carbocycles. The molecule has 5 heteroatoms. The minimum atomic E-state index is -1.37. The van der Waals surface area contributed by atoms with E-state index in [4.69, 9.17) is 10.8 Å². The van der Waals surface area contributed by atoms with Crippen molar-refractivity contribution >= 4 is 5.97 Å². The quantitative estimate of drug-likeness (QED) is 0.710. The van der Waals surface area contributed by atoms with E-state index in [1.165, 1.54) is 25.1 Å². The van der Waals surface area contributed by atoms with Gasteiger partial charge in [0.05, 0.1) is 0 Å². The maximum atomic E-state index is 13.0. The van der Waals surface area contributed by atoms with Crippen LogP contribution >= 0.6 is 0 Å². The van der Waals surface area contributed by atoms with Gasteiger partial charge < -0.3 is 15.9 Å². The highest BCUT2D eigenvalue weighted by Crippen LogP contribution is 2.28. The third-order valence-electron chi connectivity index (χ3n) is 2.11. The van der Waals surface area contributed by atoms with Crippen LogP contribution in [0.4, 0.5) is 4.39 Å². The molecule has 2 unspecified atom stereocenters. The maximum Gasteiger partial charge on any atom is 0.325 e. The van der Waals surface area contributed by atoms with E-state index in [2.05, 4.69) is 0 Å². The van der Waals surface area contributed by atoms with Crippen LogP contribution in [0.3, 0.4) is 0 Å². The molecule has 0 saturated heterocycles. The Kier molecular flexibility index (Phi) is 3.26. The van der Waals surface area contributed by atoms with E-state index < -0.39 is 18.2 Å². The molecule has 15 heavy (non-hydrogen) atoms. The number of carbonyl (C=O) groups is 1. The van der Waals surface area contributed by atoms with Gasteiger partial charge in [0.25, 0.3) is 0 Å². The molecule has 0 aliphatic rings. The molecule has 4 nitrogen and oxygen atoms in total. The van der Waals surface area contributed by atoms with Crippen molar-refractivity contribution in [2.75, 3.05) is 0 Å². The molecule has 0 aromatic heterocycles. The van der Waals surface area contributed by atoms with Crippen molar-refractivity contribution in [2.45, 2.75) is 19.1 Å². The molecule has 0 fully saturated rings. The molecular formula is C10H12FNO3. The Hall–Kier alpha value is -1.62. The van der Waals surface area contributed by atoms with Gasteiger partial charge in [0, 0.05) is 5.56 Å². The number of phenolic OH excluding ortho intramolecular Hbond substituents is 1. The van der Waals surface area contributed by atoms with Gasteiger partial charge in [0.1, 0.15) is 18.0 Å². The van der Waals surface area contributed by atoms with Gasteiger partial charge in [-0.1, -0.05) is 6.07 Å². The maximum absolute atomic E-state index is 13.0. The van der Waals surface area contributed by atoms with Crippen LogP contribution in [0.5, 0.6) is 5.75 Å². The molecule has 1 aromatic carbocycles. The zero-order valence-electron chi connectivity index (χ0n) is 8.14. The molecule has 0 heterocycles. The summed E-state index contributed by atoms with van der Waals surface area (Å²) in [5.41, 5.74) is 5.66. The lowest BCUT2D eigenvalue weighted by Gasteiger charge is -2.11. The molecule has 0 aliphatic heterocycles. The number of phenols is 1. The van der Waals surface area contributed by atoms with E-state index in [1.807, 2.05) is 0 Å². The number of nitrogens with two attached hydrogens (primary N) is 1. The van der Waals surface area contributed by atoms with Gasteiger partial charge in [0.15, 0.2) is 0 Å². The molecule has 0 amide bonds. The van der Waals surface area contributed by atoms with Crippen molar-refractivity contribution in [3.05, 3.63) is 29.3 Å². The average Bonchev–Trinajstić information content (AvgIpc) is 2.16. The third kappa shape index (κ3) is 2.44. The van der Waals surface area contributed by atoms with Crippen LogP contribution in [0.25, 0.3) is 0 Å². The zero-order chi connectivity index (χ0) is 11.6. The van der Waals surface area contributed by atoms with E-state index in [1.54, 1.807) is 0 Å². The minimum absolute atomic E-state index is 0.0456. The number of aromatic hydroxyl groups is 1. The molecule has 0 bridgehead atoms. The standard InChI is InChI=1S/C10H12FNO3/c1-5(11)7-4-6(2-3-8(7)13)9(12)10(14)15/h2-5,9,13H,12H2,1H3,(H,14,15). The van der Waals surface area contributed by atoms with Gasteiger partial charge in [-0.3, -0.25) is 4.79 Å². The largest absolute Gasteiger partial charge is 0.508 e. The van der Waals surface area contributed by atoms with E-state index in [0.717, 1.165) is 0 Å². The van der Waals surface area contributed by atoms with Crippen LogP contribution in [0.1, 0.15) is 30.3 Å². The SMILES string of the molecule is CC(F)c1cc(C(N)C(=O)O)ccc1O. The summed E-state index contributed by atoms with van der Waals surface area (Å²) in [5.74, 6) is -1.40. The second-order valence-corrected chi connectivity index (χ2v) is 3.25. The molecule has 2 atom stereocenters. The smallest absolute Gasteiger partial charge is 0.325 e. The first kappa shape index (κ1) is 11.5. The lowest BCUT2D eigenvalue weighted by Crippen LogP contribution is -2.20. The van der Waals surface area contributed by atoms with Crippen molar-refractivity contribution in [2.24, 2.45) is 5.73 Å². The molecule has 4 N–H and O–H groups in total. The van der Waals surface area contributed by atoms with Crippen LogP contribution in [0.15, 0.2) is 18.2 Å². The summed E-state index contributed by atoms with van der Waals surface area (Å²) < 4.78 is 13.0. The fraction of sp³-hybridized carbons (Fsp3) is 0.300. The van der Waals surface area contributed by atoms with Crippen molar-refractivity contribution < 1.29 is 19.4 Å². The number of aliphatic carboxylic acids is 1. The summed E-state index contributed by atoms with van der Waals surface area (Å²) in [5, 5.41) is 18.0. The fourth-order valence-electron chi connectivity index (χ4n) is 1.23. The fourth-order valence-corrected chi connectivity index (χ4v) is 1.23. The van der Waals surface area contributed by atoms with Crippen LogP contribution in [0.2, 0.25) is 0 Å². The Morgan fingerprint density at radius 1 is 1.53 bits per heavy atom. The second-order valence-electron chi connectivity index (χ2n) is 3.25. The normalized spacial score (nSPS) is 14.6. The summed E-state index contributed by atoms with van der Waals surface area (Å²) in [6.45, 7) is 1.26. The summed E-state index contributed by atoms with van der Waals surface area (Å²) in [7, 11) is 0. The van der Waals surface area contributed by atoms with Crippen LogP contribution < -0.4 is 5.73 Å². The predicted molar refractivity (Wildman–Crippen MR) is 52.2 cm³/mol. The molecular weight excluding hydrogens is 201 g/mol. The van der Waals surface area contributed by atoms with Gasteiger partial charge in [-0.05, 0) is 24.6 Å². The first-order valence-corrected chi connectivity index (χ1v) is 4.38. The Morgan fingerprint density at radius 3 is 2.60 bits per heavy atom. The third-order valence-corrected chi connectivity index (χ3v) is 2.11. The summed E-state index contributed by atoms with van der Waals surface area (Å²) >= 11 is 0. The first-order chi connectivity index (χ1) is 6.93. The van der Waals surface area contributed by atoms with Gasteiger partial charge >= 0.3 is 5.97 Å². The second kappa shape index (κ2) is 4.27. The number of hydrogen-bond acceptors (Lipinski definition) is 3. The van der Waals surface area contributed by atoms with Crippen LogP contribution in [-0.2, 0) is 4.79 Å². The first-order valence-electron chi connectivity index (χ1n) is 4.38. The van der Waals surface area contributed by atoms with Crippen molar-refractivity contribution in [3.63, 3.8) is 0 Å². The molecule has 1 aromatic rings. The number of carboxylic acids is 1. The van der Waals surface area contributed by atoms with E-state index in [0.29, 0.717) is 0 Å².